The topological polar surface area (TPSA) is 17.0 Å². The number of halogens is 2. The Hall–Kier alpha value is -0.930. The molecule has 0 bridgehead atoms. The summed E-state index contributed by atoms with van der Waals surface area (Å²) in [6.45, 7) is 5.93. The van der Waals surface area contributed by atoms with Gasteiger partial charge in [-0.15, -0.1) is 0 Å². The van der Waals surface area contributed by atoms with Crippen LogP contribution in [0.4, 0.5) is 5.69 Å². The molecule has 2 aromatic rings. The quantitative estimate of drug-likeness (QED) is 0.850. The van der Waals surface area contributed by atoms with Gasteiger partial charge >= 0.3 is 0 Å². The summed E-state index contributed by atoms with van der Waals surface area (Å²) in [4.78, 5) is 0. The molecule has 0 radical (unpaired) electrons. The van der Waals surface area contributed by atoms with E-state index in [9.17, 15) is 0 Å². The second kappa shape index (κ2) is 5.81. The van der Waals surface area contributed by atoms with Gasteiger partial charge in [-0.25, -0.2) is 0 Å². The molecular formula is C14H16BrClN2. The van der Waals surface area contributed by atoms with Crippen molar-refractivity contribution in [3.63, 3.8) is 0 Å². The fourth-order valence-electron chi connectivity index (χ4n) is 1.77. The summed E-state index contributed by atoms with van der Waals surface area (Å²) >= 11 is 9.68. The molecular weight excluding hydrogens is 312 g/mol. The van der Waals surface area contributed by atoms with Crippen molar-refractivity contribution >= 4 is 33.2 Å². The van der Waals surface area contributed by atoms with Crippen molar-refractivity contribution in [3.05, 3.63) is 51.2 Å². The van der Waals surface area contributed by atoms with Crippen LogP contribution in [0.5, 0.6) is 0 Å². The van der Waals surface area contributed by atoms with Crippen LogP contribution >= 0.6 is 27.5 Å². The lowest BCUT2D eigenvalue weighted by molar-refractivity contribution is 0.766. The van der Waals surface area contributed by atoms with Gasteiger partial charge in [0, 0.05) is 35.0 Å². The second-order valence-electron chi connectivity index (χ2n) is 4.28. The lowest BCUT2D eigenvalue weighted by Gasteiger charge is -2.09. The maximum atomic E-state index is 6.13. The largest absolute Gasteiger partial charge is 0.380 e. The number of aromatic nitrogens is 1. The molecule has 0 aliphatic rings. The van der Waals surface area contributed by atoms with Gasteiger partial charge in [0.15, 0.2) is 0 Å². The smallest absolute Gasteiger partial charge is 0.0502 e. The van der Waals surface area contributed by atoms with E-state index in [0.717, 1.165) is 33.8 Å². The standard InChI is InChI=1S/C14H16BrClN2/c1-3-18-5-4-11(9-18)8-17-14-7-13(16)10(2)6-12(14)15/h4-7,9,17H,3,8H2,1-2H3. The van der Waals surface area contributed by atoms with E-state index < -0.39 is 0 Å². The summed E-state index contributed by atoms with van der Waals surface area (Å²) in [5.41, 5.74) is 3.36. The number of nitrogens with zero attached hydrogens (tertiary/aromatic N) is 1. The molecule has 0 amide bonds. The van der Waals surface area contributed by atoms with Gasteiger partial charge in [-0.05, 0) is 59.1 Å². The van der Waals surface area contributed by atoms with Crippen molar-refractivity contribution in [1.29, 1.82) is 0 Å². The van der Waals surface area contributed by atoms with Crippen LogP contribution in [0, 0.1) is 6.92 Å². The summed E-state index contributed by atoms with van der Waals surface area (Å²) < 4.78 is 3.20. The third kappa shape index (κ3) is 3.09. The number of aryl methyl sites for hydroxylation is 2. The zero-order valence-electron chi connectivity index (χ0n) is 10.5. The fraction of sp³-hybridized carbons (Fsp3) is 0.286. The third-order valence-corrected chi connectivity index (χ3v) is 3.97. The molecule has 0 aliphatic heterocycles. The van der Waals surface area contributed by atoms with Crippen molar-refractivity contribution in [3.8, 4) is 0 Å². The van der Waals surface area contributed by atoms with Gasteiger partial charge in [0.1, 0.15) is 0 Å². The highest BCUT2D eigenvalue weighted by Gasteiger charge is 2.04. The number of nitrogens with one attached hydrogen (secondary N) is 1. The summed E-state index contributed by atoms with van der Waals surface area (Å²) in [5.74, 6) is 0. The monoisotopic (exact) mass is 326 g/mol. The van der Waals surface area contributed by atoms with E-state index in [0.29, 0.717) is 0 Å². The van der Waals surface area contributed by atoms with Crippen LogP contribution in [0.15, 0.2) is 35.1 Å². The number of hydrogen-bond donors (Lipinski definition) is 1. The Labute approximate surface area is 121 Å². The van der Waals surface area contributed by atoms with Gasteiger partial charge in [0.05, 0.1) is 5.69 Å². The molecule has 0 fully saturated rings. The molecule has 96 valence electrons. The third-order valence-electron chi connectivity index (χ3n) is 2.91. The lowest BCUT2D eigenvalue weighted by Crippen LogP contribution is -2.00. The predicted molar refractivity (Wildman–Crippen MR) is 81.3 cm³/mol. The molecule has 0 aliphatic carbocycles. The van der Waals surface area contributed by atoms with E-state index in [1.54, 1.807) is 0 Å². The molecule has 2 nitrogen and oxygen atoms in total. The fourth-order valence-corrected chi connectivity index (χ4v) is 2.53. The SMILES string of the molecule is CCn1ccc(CNc2cc(Cl)c(C)cc2Br)c1. The Morgan fingerprint density at radius 1 is 1.39 bits per heavy atom. The van der Waals surface area contributed by atoms with Crippen LogP contribution in [-0.2, 0) is 13.1 Å². The molecule has 1 aromatic heterocycles. The molecule has 1 N–H and O–H groups in total. The highest BCUT2D eigenvalue weighted by molar-refractivity contribution is 9.10. The molecule has 0 saturated carbocycles. The van der Waals surface area contributed by atoms with E-state index in [4.69, 9.17) is 11.6 Å². The maximum absolute atomic E-state index is 6.13. The molecule has 0 spiro atoms. The van der Waals surface area contributed by atoms with E-state index in [1.165, 1.54) is 5.56 Å². The van der Waals surface area contributed by atoms with Crippen molar-refractivity contribution in [1.82, 2.24) is 4.57 Å². The minimum atomic E-state index is 0.784. The van der Waals surface area contributed by atoms with Gasteiger partial charge in [-0.2, -0.15) is 0 Å². The van der Waals surface area contributed by atoms with Crippen molar-refractivity contribution in [2.75, 3.05) is 5.32 Å². The average molecular weight is 328 g/mol. The molecule has 18 heavy (non-hydrogen) atoms. The van der Waals surface area contributed by atoms with Crippen LogP contribution in [0.2, 0.25) is 5.02 Å². The summed E-state index contributed by atoms with van der Waals surface area (Å²) in [7, 11) is 0. The van der Waals surface area contributed by atoms with E-state index in [1.807, 2.05) is 19.1 Å². The first-order chi connectivity index (χ1) is 8.60. The molecule has 0 unspecified atom stereocenters. The van der Waals surface area contributed by atoms with Gasteiger partial charge < -0.3 is 9.88 Å². The normalized spacial score (nSPS) is 10.7. The van der Waals surface area contributed by atoms with E-state index in [2.05, 4.69) is 51.2 Å². The van der Waals surface area contributed by atoms with Crippen LogP contribution in [0.25, 0.3) is 0 Å². The van der Waals surface area contributed by atoms with E-state index >= 15 is 0 Å². The molecule has 2 rings (SSSR count). The van der Waals surface area contributed by atoms with E-state index in [-0.39, 0.29) is 0 Å². The number of hydrogen-bond acceptors (Lipinski definition) is 1. The molecule has 1 heterocycles. The maximum Gasteiger partial charge on any atom is 0.0502 e. The first kappa shape index (κ1) is 13.5. The van der Waals surface area contributed by atoms with Gasteiger partial charge in [0.25, 0.3) is 0 Å². The van der Waals surface area contributed by atoms with Crippen LogP contribution in [0.1, 0.15) is 18.1 Å². The van der Waals surface area contributed by atoms with Gasteiger partial charge in [-0.1, -0.05) is 11.6 Å². The Morgan fingerprint density at radius 3 is 2.83 bits per heavy atom. The lowest BCUT2D eigenvalue weighted by atomic mass is 10.2. The Balaban J connectivity index is 2.08. The molecule has 4 heteroatoms. The number of benzene rings is 1. The van der Waals surface area contributed by atoms with Crippen LogP contribution < -0.4 is 5.32 Å². The van der Waals surface area contributed by atoms with Crippen LogP contribution in [-0.4, -0.2) is 4.57 Å². The Morgan fingerprint density at radius 2 is 2.17 bits per heavy atom. The highest BCUT2D eigenvalue weighted by atomic mass is 79.9. The summed E-state index contributed by atoms with van der Waals surface area (Å²) in [6, 6.07) is 6.11. The number of anilines is 1. The molecule has 0 saturated heterocycles. The molecule has 1 aromatic carbocycles. The Bertz CT molecular complexity index is 549. The van der Waals surface area contributed by atoms with Gasteiger partial charge in [0.2, 0.25) is 0 Å². The van der Waals surface area contributed by atoms with Crippen molar-refractivity contribution in [2.45, 2.75) is 26.9 Å². The summed E-state index contributed by atoms with van der Waals surface area (Å²) in [6.07, 6.45) is 4.24. The average Bonchev–Trinajstić information content (AvgIpc) is 2.80. The highest BCUT2D eigenvalue weighted by Crippen LogP contribution is 2.29. The first-order valence-corrected chi connectivity index (χ1v) is 7.11. The zero-order valence-corrected chi connectivity index (χ0v) is 12.8. The Kier molecular flexibility index (Phi) is 4.36. The zero-order chi connectivity index (χ0) is 13.1. The van der Waals surface area contributed by atoms with Gasteiger partial charge in [-0.3, -0.25) is 0 Å². The predicted octanol–water partition coefficient (Wildman–Crippen LogP) is 4.84. The summed E-state index contributed by atoms with van der Waals surface area (Å²) in [5, 5.41) is 4.17. The van der Waals surface area contributed by atoms with Crippen molar-refractivity contribution < 1.29 is 0 Å². The minimum Gasteiger partial charge on any atom is -0.380 e. The van der Waals surface area contributed by atoms with Crippen LogP contribution in [0.3, 0.4) is 0 Å². The second-order valence-corrected chi connectivity index (χ2v) is 5.55. The number of rotatable bonds is 4. The van der Waals surface area contributed by atoms with Crippen molar-refractivity contribution in [2.24, 2.45) is 0 Å². The molecule has 0 atom stereocenters. The first-order valence-electron chi connectivity index (χ1n) is 5.94. The minimum absolute atomic E-state index is 0.784.